The average molecular weight is 549 g/mol. The number of hydrogen-bond acceptors (Lipinski definition) is 6. The number of halogens is 1. The Hall–Kier alpha value is -3.44. The van der Waals surface area contributed by atoms with Crippen LogP contribution in [0.1, 0.15) is 41.1 Å². The Balaban J connectivity index is 1.18. The molecule has 1 saturated carbocycles. The third-order valence-electron chi connectivity index (χ3n) is 7.72. The molecular formula is C28H31B3FN7O2. The molecule has 2 amide bonds. The van der Waals surface area contributed by atoms with Gasteiger partial charge in [0, 0.05) is 43.7 Å². The number of carbonyl (C=O) groups is 2. The third kappa shape index (κ3) is 7.45. The number of piperazine rings is 1. The SMILES string of the molecule is [B]C([B])([B])N1CCN(C(=O)[C@H](CCCN[C@@H]2C[C@H]2c2ccc(F)cc2)NC(=O)c2ccc(-n3ccnn3)cc2)CC1. The van der Waals surface area contributed by atoms with E-state index in [4.69, 9.17) is 23.5 Å². The summed E-state index contributed by atoms with van der Waals surface area (Å²) in [6.45, 7) is 2.38. The topological polar surface area (TPSA) is 95.4 Å². The second-order valence-corrected chi connectivity index (χ2v) is 10.7. The molecule has 13 heteroatoms. The monoisotopic (exact) mass is 549 g/mol. The first-order valence-electron chi connectivity index (χ1n) is 13.9. The molecule has 0 bridgehead atoms. The van der Waals surface area contributed by atoms with Crippen molar-refractivity contribution in [1.82, 2.24) is 35.4 Å². The van der Waals surface area contributed by atoms with Crippen LogP contribution in [0.3, 0.4) is 0 Å². The lowest BCUT2D eigenvalue weighted by Gasteiger charge is -2.44. The largest absolute Gasteiger partial charge is 0.340 e. The number of rotatable bonds is 11. The first kappa shape index (κ1) is 29.1. The summed E-state index contributed by atoms with van der Waals surface area (Å²) in [7, 11) is 17.4. The summed E-state index contributed by atoms with van der Waals surface area (Å²) in [5, 5.41) is 12.8. The van der Waals surface area contributed by atoms with E-state index in [1.54, 1.807) is 51.1 Å². The molecule has 2 N–H and O–H groups in total. The fourth-order valence-corrected chi connectivity index (χ4v) is 5.24. The van der Waals surface area contributed by atoms with E-state index in [9.17, 15) is 14.0 Å². The van der Waals surface area contributed by atoms with Gasteiger partial charge in [-0.3, -0.25) is 9.59 Å². The highest BCUT2D eigenvalue weighted by Crippen LogP contribution is 2.40. The number of hydrogen-bond donors (Lipinski definition) is 2. The van der Waals surface area contributed by atoms with Gasteiger partial charge in [-0.1, -0.05) is 22.6 Å². The van der Waals surface area contributed by atoms with Crippen LogP contribution < -0.4 is 10.6 Å². The van der Waals surface area contributed by atoms with Crippen molar-refractivity contribution in [3.8, 4) is 5.69 Å². The van der Waals surface area contributed by atoms with Crippen molar-refractivity contribution in [2.24, 2.45) is 0 Å². The average Bonchev–Trinajstić information content (AvgIpc) is 3.52. The second kappa shape index (κ2) is 12.6. The third-order valence-corrected chi connectivity index (χ3v) is 7.72. The van der Waals surface area contributed by atoms with Gasteiger partial charge in [-0.05, 0) is 67.8 Å². The van der Waals surface area contributed by atoms with E-state index in [1.165, 1.54) is 12.1 Å². The van der Waals surface area contributed by atoms with Crippen molar-refractivity contribution < 1.29 is 14.0 Å². The molecule has 1 aliphatic heterocycles. The Morgan fingerprint density at radius 3 is 2.37 bits per heavy atom. The summed E-state index contributed by atoms with van der Waals surface area (Å²) in [5.41, 5.74) is 2.33. The molecule has 41 heavy (non-hydrogen) atoms. The van der Waals surface area contributed by atoms with Crippen LogP contribution >= 0.6 is 0 Å². The van der Waals surface area contributed by atoms with E-state index < -0.39 is 11.3 Å². The van der Waals surface area contributed by atoms with Gasteiger partial charge in [0.05, 0.1) is 41.6 Å². The zero-order chi connectivity index (χ0) is 29.0. The fraction of sp³-hybridized carbons (Fsp3) is 0.429. The molecule has 2 heterocycles. The molecule has 1 aliphatic carbocycles. The zero-order valence-electron chi connectivity index (χ0n) is 22.8. The van der Waals surface area contributed by atoms with Crippen molar-refractivity contribution >= 4 is 35.4 Å². The summed E-state index contributed by atoms with van der Waals surface area (Å²) < 4.78 is 14.8. The molecule has 5 rings (SSSR count). The molecule has 1 saturated heterocycles. The molecule has 2 aliphatic rings. The Bertz CT molecular complexity index is 1310. The minimum Gasteiger partial charge on any atom is -0.340 e. The lowest BCUT2D eigenvalue weighted by Crippen LogP contribution is -2.61. The molecule has 6 radical (unpaired) electrons. The summed E-state index contributed by atoms with van der Waals surface area (Å²) in [4.78, 5) is 30.2. The fourth-order valence-electron chi connectivity index (χ4n) is 5.24. The molecule has 2 fully saturated rings. The number of carbonyl (C=O) groups excluding carboxylic acids is 2. The minimum absolute atomic E-state index is 0.149. The molecule has 0 spiro atoms. The molecular weight excluding hydrogens is 518 g/mol. The van der Waals surface area contributed by atoms with E-state index in [1.807, 2.05) is 12.1 Å². The highest BCUT2D eigenvalue weighted by molar-refractivity contribution is 6.59. The number of nitrogens with one attached hydrogen (secondary N) is 2. The van der Waals surface area contributed by atoms with E-state index >= 15 is 0 Å². The predicted octanol–water partition coefficient (Wildman–Crippen LogP) is 0.692. The standard InChI is InChI=1S/C28H31B3FN7O2/c29-28(30,31)38-16-14-37(15-17-38)27(41)24(2-1-11-33-25-18-23(25)19-3-7-21(32)8-4-19)35-26(40)20-5-9-22(10-6-20)39-13-12-34-36-39/h3-10,12-13,23-25,33H,1-2,11,14-18H2,(H,35,40)/t23-,24-,25+/m0/s1. The van der Waals surface area contributed by atoms with Gasteiger partial charge in [0.1, 0.15) is 11.9 Å². The van der Waals surface area contributed by atoms with Crippen LogP contribution in [0, 0.1) is 5.82 Å². The highest BCUT2D eigenvalue weighted by atomic mass is 19.1. The van der Waals surface area contributed by atoms with Crippen LogP contribution in [0.5, 0.6) is 0 Å². The van der Waals surface area contributed by atoms with E-state index in [0.717, 1.165) is 17.7 Å². The Kier molecular flexibility index (Phi) is 8.94. The van der Waals surface area contributed by atoms with Crippen molar-refractivity contribution in [1.29, 1.82) is 0 Å². The van der Waals surface area contributed by atoms with E-state index in [-0.39, 0.29) is 17.6 Å². The highest BCUT2D eigenvalue weighted by Gasteiger charge is 2.38. The molecule has 206 valence electrons. The van der Waals surface area contributed by atoms with Gasteiger partial charge >= 0.3 is 0 Å². The van der Waals surface area contributed by atoms with Crippen molar-refractivity contribution in [3.63, 3.8) is 0 Å². The van der Waals surface area contributed by atoms with Gasteiger partial charge in [0.25, 0.3) is 5.91 Å². The zero-order valence-corrected chi connectivity index (χ0v) is 22.8. The number of amides is 2. The van der Waals surface area contributed by atoms with Crippen molar-refractivity contribution in [2.75, 3.05) is 32.7 Å². The molecule has 3 aromatic rings. The predicted molar refractivity (Wildman–Crippen MR) is 156 cm³/mol. The first-order valence-corrected chi connectivity index (χ1v) is 13.9. The van der Waals surface area contributed by atoms with Gasteiger partial charge in [-0.2, -0.15) is 0 Å². The van der Waals surface area contributed by atoms with Crippen LogP contribution in [-0.4, -0.2) is 110 Å². The quantitative estimate of drug-likeness (QED) is 0.270. The van der Waals surface area contributed by atoms with Crippen LogP contribution in [0.15, 0.2) is 60.9 Å². The van der Waals surface area contributed by atoms with E-state index in [0.29, 0.717) is 63.1 Å². The number of nitrogens with zero attached hydrogens (tertiary/aromatic N) is 5. The minimum atomic E-state index is -1.44. The molecule has 0 unspecified atom stereocenters. The second-order valence-electron chi connectivity index (χ2n) is 10.7. The van der Waals surface area contributed by atoms with Crippen molar-refractivity contribution in [2.45, 2.75) is 42.5 Å². The van der Waals surface area contributed by atoms with Crippen LogP contribution in [0.25, 0.3) is 5.69 Å². The number of aromatic nitrogens is 3. The molecule has 2 aromatic carbocycles. The normalized spacial score (nSPS) is 20.0. The smallest absolute Gasteiger partial charge is 0.251 e. The molecule has 3 atom stereocenters. The van der Waals surface area contributed by atoms with Crippen LogP contribution in [0.2, 0.25) is 0 Å². The van der Waals surface area contributed by atoms with Gasteiger partial charge in [0.15, 0.2) is 0 Å². The summed E-state index contributed by atoms with van der Waals surface area (Å²) >= 11 is 0. The lowest BCUT2D eigenvalue weighted by molar-refractivity contribution is -0.135. The first-order chi connectivity index (χ1) is 19.7. The summed E-state index contributed by atoms with van der Waals surface area (Å²) in [6, 6.07) is 13.2. The Morgan fingerprint density at radius 2 is 1.73 bits per heavy atom. The van der Waals surface area contributed by atoms with Crippen LogP contribution in [0.4, 0.5) is 4.39 Å². The van der Waals surface area contributed by atoms with Gasteiger partial charge < -0.3 is 20.4 Å². The van der Waals surface area contributed by atoms with Gasteiger partial charge in [-0.25, -0.2) is 9.07 Å². The maximum absolute atomic E-state index is 13.6. The molecule has 9 nitrogen and oxygen atoms in total. The van der Waals surface area contributed by atoms with Gasteiger partial charge in [0.2, 0.25) is 5.91 Å². The maximum atomic E-state index is 13.6. The van der Waals surface area contributed by atoms with E-state index in [2.05, 4.69) is 20.9 Å². The van der Waals surface area contributed by atoms with Crippen molar-refractivity contribution in [3.05, 3.63) is 77.9 Å². The Morgan fingerprint density at radius 1 is 1.02 bits per heavy atom. The van der Waals surface area contributed by atoms with Crippen LogP contribution in [-0.2, 0) is 4.79 Å². The Labute approximate surface area is 243 Å². The summed E-state index contributed by atoms with van der Waals surface area (Å²) in [5.74, 6) is -0.352. The summed E-state index contributed by atoms with van der Waals surface area (Å²) in [6.07, 6.45) is 5.44. The maximum Gasteiger partial charge on any atom is 0.251 e. The molecule has 1 aromatic heterocycles. The van der Waals surface area contributed by atoms with Gasteiger partial charge in [-0.15, -0.1) is 5.10 Å². The number of benzene rings is 2. The lowest BCUT2D eigenvalue weighted by atomic mass is 9.48.